The third-order valence-corrected chi connectivity index (χ3v) is 4.80. The number of hydrogen-bond acceptors (Lipinski definition) is 4. The SMILES string of the molecule is CCN1CCN(CC(=O)Nc2cc(C(=O)NC3CC3)ccc2C)C(=O)C1=O. The summed E-state index contributed by atoms with van der Waals surface area (Å²) < 4.78 is 0. The molecule has 1 heterocycles. The van der Waals surface area contributed by atoms with E-state index in [1.807, 2.05) is 13.8 Å². The van der Waals surface area contributed by atoms with Crippen LogP contribution in [-0.4, -0.2) is 65.6 Å². The highest BCUT2D eigenvalue weighted by molar-refractivity contribution is 6.35. The number of aryl methyl sites for hydroxylation is 1. The predicted octanol–water partition coefficient (Wildman–Crippen LogP) is 0.516. The Hall–Kier alpha value is -2.90. The smallest absolute Gasteiger partial charge is 0.312 e. The van der Waals surface area contributed by atoms with Gasteiger partial charge in [0.1, 0.15) is 6.54 Å². The molecule has 0 unspecified atom stereocenters. The maximum atomic E-state index is 12.4. The summed E-state index contributed by atoms with van der Waals surface area (Å²) in [6.45, 7) is 4.66. The van der Waals surface area contributed by atoms with Gasteiger partial charge in [-0.05, 0) is 44.4 Å². The molecule has 0 radical (unpaired) electrons. The lowest BCUT2D eigenvalue weighted by Crippen LogP contribution is -2.55. The van der Waals surface area contributed by atoms with E-state index in [0.29, 0.717) is 30.9 Å². The van der Waals surface area contributed by atoms with Gasteiger partial charge in [0.05, 0.1) is 0 Å². The highest BCUT2D eigenvalue weighted by Crippen LogP contribution is 2.21. The van der Waals surface area contributed by atoms with Crippen LogP contribution < -0.4 is 10.6 Å². The minimum Gasteiger partial charge on any atom is -0.349 e. The van der Waals surface area contributed by atoms with E-state index >= 15 is 0 Å². The Balaban J connectivity index is 1.62. The van der Waals surface area contributed by atoms with E-state index in [9.17, 15) is 19.2 Å². The van der Waals surface area contributed by atoms with E-state index in [2.05, 4.69) is 10.6 Å². The Labute approximate surface area is 157 Å². The van der Waals surface area contributed by atoms with Crippen LogP contribution in [0.4, 0.5) is 5.69 Å². The summed E-state index contributed by atoms with van der Waals surface area (Å²) in [5.41, 5.74) is 1.81. The van der Waals surface area contributed by atoms with Gasteiger partial charge in [-0.3, -0.25) is 19.2 Å². The van der Waals surface area contributed by atoms with Gasteiger partial charge in [0.15, 0.2) is 0 Å². The molecule has 3 rings (SSSR count). The molecule has 1 aromatic carbocycles. The molecule has 0 atom stereocenters. The van der Waals surface area contributed by atoms with Crippen LogP contribution in [0.1, 0.15) is 35.7 Å². The predicted molar refractivity (Wildman–Crippen MR) is 99.1 cm³/mol. The van der Waals surface area contributed by atoms with Gasteiger partial charge < -0.3 is 20.4 Å². The van der Waals surface area contributed by atoms with Crippen LogP contribution in [-0.2, 0) is 14.4 Å². The number of likely N-dealkylation sites (N-methyl/N-ethyl adjacent to an activating group) is 1. The van der Waals surface area contributed by atoms with Crippen molar-refractivity contribution in [2.24, 2.45) is 0 Å². The first-order valence-electron chi connectivity index (χ1n) is 9.18. The van der Waals surface area contributed by atoms with Gasteiger partial charge >= 0.3 is 11.8 Å². The van der Waals surface area contributed by atoms with Crippen LogP contribution >= 0.6 is 0 Å². The van der Waals surface area contributed by atoms with Gasteiger partial charge in [-0.25, -0.2) is 0 Å². The second-order valence-electron chi connectivity index (χ2n) is 6.94. The van der Waals surface area contributed by atoms with E-state index in [-0.39, 0.29) is 18.5 Å². The van der Waals surface area contributed by atoms with Crippen molar-refractivity contribution in [2.45, 2.75) is 32.7 Å². The number of benzene rings is 1. The van der Waals surface area contributed by atoms with Gasteiger partial charge in [0.25, 0.3) is 5.91 Å². The molecule has 8 heteroatoms. The lowest BCUT2D eigenvalue weighted by molar-refractivity contribution is -0.156. The fraction of sp³-hybridized carbons (Fsp3) is 0.474. The molecule has 27 heavy (non-hydrogen) atoms. The molecule has 8 nitrogen and oxygen atoms in total. The summed E-state index contributed by atoms with van der Waals surface area (Å²) in [6.07, 6.45) is 2.00. The molecule has 1 saturated carbocycles. The number of carbonyl (C=O) groups is 4. The van der Waals surface area contributed by atoms with Crippen molar-refractivity contribution in [1.82, 2.24) is 15.1 Å². The first kappa shape index (κ1) is 18.9. The maximum absolute atomic E-state index is 12.4. The van der Waals surface area contributed by atoms with Crippen molar-refractivity contribution in [3.05, 3.63) is 29.3 Å². The Morgan fingerprint density at radius 2 is 1.78 bits per heavy atom. The summed E-state index contributed by atoms with van der Waals surface area (Å²) in [5, 5.41) is 5.65. The maximum Gasteiger partial charge on any atom is 0.312 e. The number of amides is 4. The van der Waals surface area contributed by atoms with Gasteiger partial charge in [-0.2, -0.15) is 0 Å². The highest BCUT2D eigenvalue weighted by Gasteiger charge is 2.32. The number of nitrogens with one attached hydrogen (secondary N) is 2. The van der Waals surface area contributed by atoms with Crippen molar-refractivity contribution in [3.8, 4) is 0 Å². The Bertz CT molecular complexity index is 788. The Kier molecular flexibility index (Phi) is 5.43. The summed E-state index contributed by atoms with van der Waals surface area (Å²) in [6, 6.07) is 5.37. The average Bonchev–Trinajstić information content (AvgIpc) is 3.45. The molecule has 1 aliphatic carbocycles. The fourth-order valence-corrected chi connectivity index (χ4v) is 2.93. The quantitative estimate of drug-likeness (QED) is 0.711. The standard InChI is InChI=1S/C19H24N4O4/c1-3-22-8-9-23(19(27)18(22)26)11-16(24)21-15-10-13(5-4-12(15)2)17(25)20-14-6-7-14/h4-5,10,14H,3,6-9,11H2,1-2H3,(H,20,25)(H,21,24). The van der Waals surface area contributed by atoms with Crippen molar-refractivity contribution < 1.29 is 19.2 Å². The zero-order valence-corrected chi connectivity index (χ0v) is 15.6. The normalized spacial score (nSPS) is 17.1. The number of piperazine rings is 1. The molecule has 0 bridgehead atoms. The van der Waals surface area contributed by atoms with E-state index in [4.69, 9.17) is 0 Å². The average molecular weight is 372 g/mol. The third kappa shape index (κ3) is 4.45. The second kappa shape index (κ2) is 7.77. The van der Waals surface area contributed by atoms with Gasteiger partial charge in [-0.15, -0.1) is 0 Å². The number of rotatable bonds is 6. The summed E-state index contributed by atoms with van der Waals surface area (Å²) in [7, 11) is 0. The molecule has 0 spiro atoms. The summed E-state index contributed by atoms with van der Waals surface area (Å²) >= 11 is 0. The number of carbonyl (C=O) groups excluding carboxylic acids is 4. The van der Waals surface area contributed by atoms with E-state index in [1.54, 1.807) is 18.2 Å². The summed E-state index contributed by atoms with van der Waals surface area (Å²) in [4.78, 5) is 51.3. The Morgan fingerprint density at radius 3 is 2.44 bits per heavy atom. The van der Waals surface area contributed by atoms with Crippen molar-refractivity contribution in [2.75, 3.05) is 31.5 Å². The van der Waals surface area contributed by atoms with Crippen molar-refractivity contribution in [1.29, 1.82) is 0 Å². The second-order valence-corrected chi connectivity index (χ2v) is 6.94. The zero-order valence-electron chi connectivity index (χ0n) is 15.6. The van der Waals surface area contributed by atoms with E-state index < -0.39 is 17.7 Å². The lowest BCUT2D eigenvalue weighted by Gasteiger charge is -2.32. The molecule has 144 valence electrons. The molecule has 2 fully saturated rings. The van der Waals surface area contributed by atoms with Crippen LogP contribution in [0.2, 0.25) is 0 Å². The number of hydrogen-bond donors (Lipinski definition) is 2. The monoisotopic (exact) mass is 372 g/mol. The van der Waals surface area contributed by atoms with Crippen molar-refractivity contribution >= 4 is 29.3 Å². The fourth-order valence-electron chi connectivity index (χ4n) is 2.93. The molecule has 4 amide bonds. The first-order chi connectivity index (χ1) is 12.9. The molecule has 1 aromatic rings. The van der Waals surface area contributed by atoms with Gasteiger partial charge in [-0.1, -0.05) is 6.07 Å². The number of nitrogens with zero attached hydrogens (tertiary/aromatic N) is 2. The molecular weight excluding hydrogens is 348 g/mol. The van der Waals surface area contributed by atoms with Crippen LogP contribution in [0.5, 0.6) is 0 Å². The lowest BCUT2D eigenvalue weighted by atomic mass is 10.1. The van der Waals surface area contributed by atoms with E-state index in [0.717, 1.165) is 18.4 Å². The van der Waals surface area contributed by atoms with Crippen LogP contribution in [0.3, 0.4) is 0 Å². The Morgan fingerprint density at radius 1 is 1.11 bits per heavy atom. The van der Waals surface area contributed by atoms with Crippen LogP contribution in [0, 0.1) is 6.92 Å². The first-order valence-corrected chi connectivity index (χ1v) is 9.18. The largest absolute Gasteiger partial charge is 0.349 e. The van der Waals surface area contributed by atoms with Crippen molar-refractivity contribution in [3.63, 3.8) is 0 Å². The molecule has 1 aliphatic heterocycles. The molecule has 0 aromatic heterocycles. The molecule has 1 saturated heterocycles. The highest BCUT2D eigenvalue weighted by atomic mass is 16.2. The molecular formula is C19H24N4O4. The van der Waals surface area contributed by atoms with Gasteiger partial charge in [0, 0.05) is 36.9 Å². The summed E-state index contributed by atoms with van der Waals surface area (Å²) in [5.74, 6) is -1.80. The third-order valence-electron chi connectivity index (χ3n) is 4.80. The topological polar surface area (TPSA) is 98.8 Å². The molecule has 2 aliphatic rings. The zero-order chi connectivity index (χ0) is 19.6. The van der Waals surface area contributed by atoms with Gasteiger partial charge in [0.2, 0.25) is 5.91 Å². The van der Waals surface area contributed by atoms with E-state index in [1.165, 1.54) is 9.80 Å². The molecule has 2 N–H and O–H groups in total. The number of anilines is 1. The van der Waals surface area contributed by atoms with Crippen LogP contribution in [0.25, 0.3) is 0 Å². The minimum absolute atomic E-state index is 0.163. The minimum atomic E-state index is -0.660. The van der Waals surface area contributed by atoms with Crippen LogP contribution in [0.15, 0.2) is 18.2 Å².